The highest BCUT2D eigenvalue weighted by Crippen LogP contribution is 2.45. The quantitative estimate of drug-likeness (QED) is 0.121. The van der Waals surface area contributed by atoms with Gasteiger partial charge in [-0.2, -0.15) is 0 Å². The van der Waals surface area contributed by atoms with Crippen LogP contribution in [0.25, 0.3) is 60.6 Å². The Hall–Kier alpha value is -6.42. The summed E-state index contributed by atoms with van der Waals surface area (Å²) in [5, 5.41) is -4.55. The van der Waals surface area contributed by atoms with Crippen molar-refractivity contribution in [1.82, 2.24) is 4.57 Å². The molecule has 0 atom stereocenters. The average Bonchev–Trinajstić information content (AvgIpc) is 1.65. The lowest BCUT2D eigenvalue weighted by atomic mass is 9.63. The molecule has 11 rings (SSSR count). The highest BCUT2D eigenvalue weighted by atomic mass is 28.3. The Kier molecular flexibility index (Phi) is 3.84. The number of fused-ring (bicyclic) bond motifs is 7. The second-order valence-electron chi connectivity index (χ2n) is 15.8. The third kappa shape index (κ3) is 5.52. The highest BCUT2D eigenvalue weighted by Gasteiger charge is 2.44. The van der Waals surface area contributed by atoms with Crippen molar-refractivity contribution in [2.75, 3.05) is 0 Å². The molecule has 2 aromatic heterocycles. The molecule has 0 radical (unpaired) electrons. The van der Waals surface area contributed by atoms with Gasteiger partial charge < -0.3 is 8.98 Å². The Morgan fingerprint density at radius 3 is 1.80 bits per heavy atom. The molecule has 0 fully saturated rings. The lowest BCUT2D eigenvalue weighted by Gasteiger charge is -2.43. The molecule has 0 saturated carbocycles. The van der Waals surface area contributed by atoms with Crippen LogP contribution in [0.2, 0.25) is 0 Å². The van der Waals surface area contributed by atoms with Gasteiger partial charge in [-0.15, -0.1) is 0 Å². The zero-order chi connectivity index (χ0) is 64.3. The van der Waals surface area contributed by atoms with Gasteiger partial charge in [0.25, 0.3) is 0 Å². The monoisotopic (exact) mass is 806 g/mol. The van der Waals surface area contributed by atoms with Gasteiger partial charge in [-0.3, -0.25) is 0 Å². The number of aromatic nitrogens is 1. The van der Waals surface area contributed by atoms with Gasteiger partial charge in [0.05, 0.1) is 49.4 Å². The Labute approximate surface area is 386 Å². The topological polar surface area (TPSA) is 18.1 Å². The van der Waals surface area contributed by atoms with E-state index in [-0.39, 0.29) is 5.19 Å². The van der Waals surface area contributed by atoms with Crippen LogP contribution in [-0.2, 0) is 10.8 Å². The summed E-state index contributed by atoms with van der Waals surface area (Å²) < 4.78 is 269. The number of hydrogen-bond acceptors (Lipinski definition) is 1. The smallest absolute Gasteiger partial charge is 0.179 e. The normalized spacial score (nSPS) is 21.6. The first-order valence-corrected chi connectivity index (χ1v) is 20.8. The van der Waals surface area contributed by atoms with E-state index in [1.165, 1.54) is 6.07 Å². The van der Waals surface area contributed by atoms with Crippen LogP contribution in [0.4, 0.5) is 0 Å². The van der Waals surface area contributed by atoms with Gasteiger partial charge >= 0.3 is 0 Å². The molecular weight excluding hydrogens is 731 g/mol. The van der Waals surface area contributed by atoms with Crippen LogP contribution in [0.5, 0.6) is 0 Å². The molecule has 1 aliphatic rings. The molecule has 2 nitrogen and oxygen atoms in total. The summed E-state index contributed by atoms with van der Waals surface area (Å²) in [7, 11) is -5.82. The van der Waals surface area contributed by atoms with Gasteiger partial charge in [0.2, 0.25) is 0 Å². The van der Waals surface area contributed by atoms with E-state index in [0.29, 0.717) is 18.4 Å². The first-order chi connectivity index (χ1) is 40.4. The van der Waals surface area contributed by atoms with E-state index >= 15 is 0 Å². The molecule has 3 heteroatoms. The molecular formula is C56H47NOSi. The first-order valence-electron chi connectivity index (χ1n) is 32.8. The van der Waals surface area contributed by atoms with Gasteiger partial charge in [-0.1, -0.05) is 167 Å². The van der Waals surface area contributed by atoms with Crippen LogP contribution in [0.3, 0.4) is 0 Å². The largest absolute Gasteiger partial charge is 0.456 e. The molecule has 0 saturated heterocycles. The minimum Gasteiger partial charge on any atom is -0.456 e. The van der Waals surface area contributed by atoms with Crippen molar-refractivity contribution < 1.29 is 42.8 Å². The summed E-state index contributed by atoms with van der Waals surface area (Å²) in [6.07, 6.45) is 1.22. The van der Waals surface area contributed by atoms with Gasteiger partial charge in [0.15, 0.2) is 8.07 Å². The summed E-state index contributed by atoms with van der Waals surface area (Å²) >= 11 is 0. The van der Waals surface area contributed by atoms with E-state index in [0.717, 1.165) is 10.1 Å². The number of hydrogen-bond donors (Lipinski definition) is 0. The summed E-state index contributed by atoms with van der Waals surface area (Å²) in [5.74, 6) is 0. The molecule has 0 spiro atoms. The fraction of sp³-hybridized carbons (Fsp3) is 0.143. The molecule has 286 valence electrons. The van der Waals surface area contributed by atoms with Crippen molar-refractivity contribution in [3.05, 3.63) is 199 Å². The maximum atomic E-state index is 10.7. The third-order valence-electron chi connectivity index (χ3n) is 11.5. The maximum absolute atomic E-state index is 10.7. The van der Waals surface area contributed by atoms with Crippen LogP contribution in [0.1, 0.15) is 90.0 Å². The van der Waals surface area contributed by atoms with E-state index < -0.39 is 264 Å². The number of benzene rings is 8. The molecule has 8 aromatic carbocycles. The zero-order valence-corrected chi connectivity index (χ0v) is 33.0. The number of para-hydroxylation sites is 2. The Morgan fingerprint density at radius 1 is 0.475 bits per heavy atom. The Bertz CT molecular complexity index is 4740. The van der Waals surface area contributed by atoms with Gasteiger partial charge in [0, 0.05) is 27.2 Å². The SMILES string of the molecule is [2H]c1c([2H])c([2H])c([Si](c2ccc3c(c2)C(C)(C)CCC3(C)C)(c2c([2H])c([2H])c([2H])c([2H])c2[2H])c2c([2H])c([2H])c([2H])c(-n3c4c([2H])c([2H])c([2H])c([2H])c4c4c([2H])c(-c5c([2H])c([2H])c6oc7c([2H])c([2H])c([2H])c([2H])c7c6c5[2H])c([2H])c([2H])c43)c2[2H])c([2H])c1[2H]. The average molecular weight is 806 g/mol. The second-order valence-corrected chi connectivity index (χ2v) is 19.4. The molecule has 0 N–H and O–H groups in total. The second kappa shape index (κ2) is 13.3. The minimum atomic E-state index is -5.82. The van der Waals surface area contributed by atoms with E-state index in [1.54, 1.807) is 12.1 Å². The van der Waals surface area contributed by atoms with Gasteiger partial charge in [0.1, 0.15) is 11.2 Å². The molecule has 0 aliphatic heterocycles. The van der Waals surface area contributed by atoms with Crippen LogP contribution >= 0.6 is 0 Å². The lowest BCUT2D eigenvalue weighted by molar-refractivity contribution is 0.332. The number of nitrogens with zero attached hydrogens (tertiary/aromatic N) is 1. The van der Waals surface area contributed by atoms with Crippen molar-refractivity contribution in [3.8, 4) is 16.8 Å². The Balaban J connectivity index is 1.41. The van der Waals surface area contributed by atoms with E-state index in [4.69, 9.17) is 22.2 Å². The highest BCUT2D eigenvalue weighted by molar-refractivity contribution is 7.19. The maximum Gasteiger partial charge on any atom is 0.179 e. The molecule has 1 aliphatic carbocycles. The molecule has 0 unspecified atom stereocenters. The molecule has 0 amide bonds. The first kappa shape index (κ1) is 17.0. The van der Waals surface area contributed by atoms with Crippen molar-refractivity contribution in [2.45, 2.75) is 51.4 Å². The minimum absolute atomic E-state index is 0.116. The van der Waals surface area contributed by atoms with E-state index in [2.05, 4.69) is 0 Å². The van der Waals surface area contributed by atoms with Crippen LogP contribution in [0, 0.1) is 0 Å². The molecule has 10 aromatic rings. The summed E-state index contributed by atoms with van der Waals surface area (Å²) in [5.41, 5.74) is -4.84. The predicted molar refractivity (Wildman–Crippen MR) is 252 cm³/mol. The number of rotatable bonds is 6. The standard InChI is InChI=1S/C56H47NOSi/c1-55(2)32-33-56(3,4)50-37-44(28-29-49(50)55)59(41-17-7-5-8-18-41,42-19-9-6-10-20-42)43-21-15-16-40(36-43)57-51-24-13-11-22-45(51)47-34-38(26-30-52(47)57)39-27-31-54-48(35-39)46-23-12-14-25-53(46)58-54/h5-31,34-37H,32-33H2,1-4H3/i5D,6D,7D,8D,9D,10D,11D,12D,13D,14D,15D,16D,17D,18D,19D,20D,21D,22D,23D,24D,25D,26D,27D,30D,31D,34D,35D,36D. The van der Waals surface area contributed by atoms with E-state index in [1.807, 2.05) is 27.7 Å². The van der Waals surface area contributed by atoms with E-state index in [9.17, 15) is 20.6 Å². The number of furan rings is 1. The summed E-state index contributed by atoms with van der Waals surface area (Å²) in [6, 6.07) is -21.6. The van der Waals surface area contributed by atoms with Crippen LogP contribution in [-0.4, -0.2) is 12.6 Å². The Morgan fingerprint density at radius 2 is 1.05 bits per heavy atom. The van der Waals surface area contributed by atoms with Crippen LogP contribution < -0.4 is 20.7 Å². The van der Waals surface area contributed by atoms with Crippen molar-refractivity contribution in [1.29, 1.82) is 0 Å². The van der Waals surface area contributed by atoms with Gasteiger partial charge in [-0.25, -0.2) is 0 Å². The third-order valence-corrected chi connectivity index (χ3v) is 15.7. The molecule has 2 heterocycles. The van der Waals surface area contributed by atoms with Gasteiger partial charge in [-0.05, 0) is 115 Å². The molecule has 0 bridgehead atoms. The van der Waals surface area contributed by atoms with Crippen molar-refractivity contribution in [2.24, 2.45) is 0 Å². The molecule has 59 heavy (non-hydrogen) atoms. The summed E-state index contributed by atoms with van der Waals surface area (Å²) in [6.45, 7) is 7.80. The van der Waals surface area contributed by atoms with Crippen molar-refractivity contribution >= 4 is 72.6 Å². The summed E-state index contributed by atoms with van der Waals surface area (Å²) in [4.78, 5) is 0. The zero-order valence-electron chi connectivity index (χ0n) is 60.0. The fourth-order valence-electron chi connectivity index (χ4n) is 8.43. The lowest BCUT2D eigenvalue weighted by Crippen LogP contribution is -2.75. The predicted octanol–water partition coefficient (Wildman–Crippen LogP) is 12.1. The fourth-order valence-corrected chi connectivity index (χ4v) is 12.3. The van der Waals surface area contributed by atoms with Crippen LogP contribution in [0.15, 0.2) is 192 Å². The van der Waals surface area contributed by atoms with Crippen molar-refractivity contribution in [3.63, 3.8) is 0 Å².